The molecule has 24 heavy (non-hydrogen) atoms. The lowest BCUT2D eigenvalue weighted by molar-refractivity contribution is -0.136. The zero-order valence-corrected chi connectivity index (χ0v) is 14.1. The lowest BCUT2D eigenvalue weighted by atomic mass is 9.92. The van der Waals surface area contributed by atoms with Gasteiger partial charge in [-0.25, -0.2) is 4.98 Å². The van der Waals surface area contributed by atoms with Crippen LogP contribution >= 0.6 is 0 Å². The highest BCUT2D eigenvalue weighted by atomic mass is 16.2. The third kappa shape index (κ3) is 3.73. The number of hydrogen-bond donors (Lipinski definition) is 3. The van der Waals surface area contributed by atoms with Crippen molar-refractivity contribution in [3.63, 3.8) is 0 Å². The molecule has 1 amide bonds. The van der Waals surface area contributed by atoms with E-state index in [2.05, 4.69) is 20.5 Å². The quantitative estimate of drug-likeness (QED) is 0.797. The minimum Gasteiger partial charge on any atom is -0.341 e. The van der Waals surface area contributed by atoms with Gasteiger partial charge in [0, 0.05) is 37.0 Å². The number of carbonyl (C=O) groups excluding carboxylic acids is 1. The molecule has 0 radical (unpaired) electrons. The number of aromatic nitrogens is 3. The van der Waals surface area contributed by atoms with Crippen LogP contribution in [0.3, 0.4) is 0 Å². The molecule has 3 rings (SSSR count). The minimum absolute atomic E-state index is 0.0167. The molecular formula is C17H24N6O. The van der Waals surface area contributed by atoms with Gasteiger partial charge in [0.05, 0.1) is 5.54 Å². The van der Waals surface area contributed by atoms with Gasteiger partial charge in [-0.05, 0) is 38.8 Å². The van der Waals surface area contributed by atoms with E-state index in [9.17, 15) is 4.79 Å². The average molecular weight is 328 g/mol. The Labute approximate surface area is 141 Å². The molecule has 1 aliphatic heterocycles. The summed E-state index contributed by atoms with van der Waals surface area (Å²) in [4.78, 5) is 18.3. The molecule has 3 heterocycles. The van der Waals surface area contributed by atoms with Crippen LogP contribution in [0, 0.1) is 0 Å². The summed E-state index contributed by atoms with van der Waals surface area (Å²) in [6.07, 6.45) is 3.56. The van der Waals surface area contributed by atoms with E-state index in [1.807, 2.05) is 29.2 Å². The van der Waals surface area contributed by atoms with Gasteiger partial charge in [-0.15, -0.1) is 0 Å². The number of nitrogens with one attached hydrogen (secondary N) is 2. The molecule has 1 saturated heterocycles. The maximum atomic E-state index is 12.2. The van der Waals surface area contributed by atoms with E-state index < -0.39 is 5.54 Å². The summed E-state index contributed by atoms with van der Waals surface area (Å²) in [6, 6.07) is 7.71. The van der Waals surface area contributed by atoms with Crippen molar-refractivity contribution >= 4 is 17.5 Å². The Morgan fingerprint density at radius 1 is 1.33 bits per heavy atom. The lowest BCUT2D eigenvalue weighted by Crippen LogP contribution is -2.53. The van der Waals surface area contributed by atoms with E-state index in [1.165, 1.54) is 0 Å². The molecule has 7 nitrogen and oxygen atoms in total. The van der Waals surface area contributed by atoms with Crippen LogP contribution in [-0.4, -0.2) is 44.6 Å². The first-order valence-electron chi connectivity index (χ1n) is 8.25. The Morgan fingerprint density at radius 2 is 2.08 bits per heavy atom. The van der Waals surface area contributed by atoms with Crippen molar-refractivity contribution in [2.24, 2.45) is 5.73 Å². The number of hydrogen-bond acceptors (Lipinski definition) is 5. The number of nitrogens with two attached hydrogens (primary N) is 1. The Hall–Kier alpha value is -2.41. The van der Waals surface area contributed by atoms with E-state index in [0.717, 1.165) is 43.3 Å². The van der Waals surface area contributed by atoms with Crippen LogP contribution in [0.4, 0.5) is 11.6 Å². The molecule has 2 aromatic rings. The molecule has 0 aromatic carbocycles. The monoisotopic (exact) mass is 328 g/mol. The van der Waals surface area contributed by atoms with Crippen LogP contribution in [0.25, 0.3) is 0 Å². The number of amides is 1. The molecule has 0 spiro atoms. The molecule has 1 fully saturated rings. The van der Waals surface area contributed by atoms with Crippen LogP contribution in [0.15, 0.2) is 30.5 Å². The van der Waals surface area contributed by atoms with E-state index in [1.54, 1.807) is 20.0 Å². The standard InChI is InChI=1S/C17H24N6O/c1-17(2,18)16(24)23-9-6-12(7-10-23)13-11-15(22-21-13)20-14-5-3-4-8-19-14/h3-5,8,11-12H,6-7,9-10,18H2,1-2H3,(H2,19,20,21,22). The van der Waals surface area contributed by atoms with Gasteiger partial charge in [0.2, 0.25) is 5.91 Å². The van der Waals surface area contributed by atoms with Crippen LogP contribution in [-0.2, 0) is 4.79 Å². The minimum atomic E-state index is -0.805. The van der Waals surface area contributed by atoms with E-state index in [4.69, 9.17) is 5.73 Å². The summed E-state index contributed by atoms with van der Waals surface area (Å²) in [5.74, 6) is 1.91. The summed E-state index contributed by atoms with van der Waals surface area (Å²) in [5.41, 5.74) is 6.20. The number of nitrogens with zero attached hydrogens (tertiary/aromatic N) is 3. The van der Waals surface area contributed by atoms with Crippen molar-refractivity contribution in [1.29, 1.82) is 0 Å². The van der Waals surface area contributed by atoms with Crippen LogP contribution < -0.4 is 11.1 Å². The van der Waals surface area contributed by atoms with Crippen LogP contribution in [0.2, 0.25) is 0 Å². The van der Waals surface area contributed by atoms with Crippen molar-refractivity contribution in [3.05, 3.63) is 36.2 Å². The SMILES string of the molecule is CC(C)(N)C(=O)N1CCC(c2cc(Nc3ccccn3)n[nH]2)CC1. The molecule has 7 heteroatoms. The lowest BCUT2D eigenvalue weighted by Gasteiger charge is -2.35. The third-order valence-corrected chi connectivity index (χ3v) is 4.29. The summed E-state index contributed by atoms with van der Waals surface area (Å²) < 4.78 is 0. The van der Waals surface area contributed by atoms with Gasteiger partial charge >= 0.3 is 0 Å². The van der Waals surface area contributed by atoms with Gasteiger partial charge in [-0.3, -0.25) is 9.89 Å². The fourth-order valence-electron chi connectivity index (χ4n) is 2.98. The first-order valence-corrected chi connectivity index (χ1v) is 8.25. The van der Waals surface area contributed by atoms with Gasteiger partial charge in [-0.2, -0.15) is 5.10 Å². The predicted octanol–water partition coefficient (Wildman–Crippen LogP) is 1.99. The van der Waals surface area contributed by atoms with Gasteiger partial charge < -0.3 is 16.0 Å². The molecule has 0 bridgehead atoms. The smallest absolute Gasteiger partial charge is 0.242 e. The second-order valence-electron chi connectivity index (χ2n) is 6.84. The van der Waals surface area contributed by atoms with E-state index in [0.29, 0.717) is 5.92 Å². The molecule has 128 valence electrons. The number of rotatable bonds is 4. The summed E-state index contributed by atoms with van der Waals surface area (Å²) in [6.45, 7) is 4.97. The Balaban J connectivity index is 1.58. The Morgan fingerprint density at radius 3 is 2.71 bits per heavy atom. The highest BCUT2D eigenvalue weighted by Gasteiger charge is 2.31. The van der Waals surface area contributed by atoms with Gasteiger partial charge in [0.15, 0.2) is 5.82 Å². The summed E-state index contributed by atoms with van der Waals surface area (Å²) in [7, 11) is 0. The van der Waals surface area contributed by atoms with Crippen LogP contribution in [0.1, 0.15) is 38.3 Å². The maximum absolute atomic E-state index is 12.2. The number of pyridine rings is 1. The summed E-state index contributed by atoms with van der Waals surface area (Å²) in [5, 5.41) is 10.6. The molecule has 0 atom stereocenters. The number of carbonyl (C=O) groups is 1. The number of aromatic amines is 1. The fourth-order valence-corrected chi connectivity index (χ4v) is 2.98. The van der Waals surface area contributed by atoms with Gasteiger partial charge in [0.1, 0.15) is 5.82 Å². The van der Waals surface area contributed by atoms with E-state index in [-0.39, 0.29) is 5.91 Å². The zero-order chi connectivity index (χ0) is 17.2. The highest BCUT2D eigenvalue weighted by molar-refractivity contribution is 5.85. The predicted molar refractivity (Wildman–Crippen MR) is 92.9 cm³/mol. The van der Waals surface area contributed by atoms with Crippen molar-refractivity contribution in [2.75, 3.05) is 18.4 Å². The molecule has 2 aromatic heterocycles. The van der Waals surface area contributed by atoms with Crippen molar-refractivity contribution in [3.8, 4) is 0 Å². The van der Waals surface area contributed by atoms with E-state index >= 15 is 0 Å². The molecule has 1 aliphatic rings. The van der Waals surface area contributed by atoms with Crippen molar-refractivity contribution in [2.45, 2.75) is 38.1 Å². The first kappa shape index (κ1) is 16.4. The van der Waals surface area contributed by atoms with Gasteiger partial charge in [-0.1, -0.05) is 6.07 Å². The second kappa shape index (κ2) is 6.60. The molecule has 0 unspecified atom stereocenters. The number of likely N-dealkylation sites (tertiary alicyclic amines) is 1. The summed E-state index contributed by atoms with van der Waals surface area (Å²) >= 11 is 0. The van der Waals surface area contributed by atoms with Gasteiger partial charge in [0.25, 0.3) is 0 Å². The number of H-pyrrole nitrogens is 1. The number of piperidine rings is 1. The second-order valence-corrected chi connectivity index (χ2v) is 6.84. The molecule has 4 N–H and O–H groups in total. The maximum Gasteiger partial charge on any atom is 0.242 e. The molecule has 0 saturated carbocycles. The molecule has 0 aliphatic carbocycles. The Bertz CT molecular complexity index is 683. The normalized spacial score (nSPS) is 16.2. The topological polar surface area (TPSA) is 99.9 Å². The van der Waals surface area contributed by atoms with Crippen LogP contribution in [0.5, 0.6) is 0 Å². The third-order valence-electron chi connectivity index (χ3n) is 4.29. The fraction of sp³-hybridized carbons (Fsp3) is 0.471. The average Bonchev–Trinajstić information content (AvgIpc) is 3.03. The highest BCUT2D eigenvalue weighted by Crippen LogP contribution is 2.29. The van der Waals surface area contributed by atoms with Crippen molar-refractivity contribution in [1.82, 2.24) is 20.1 Å². The number of anilines is 2. The Kier molecular flexibility index (Phi) is 4.53. The first-order chi connectivity index (χ1) is 11.4. The zero-order valence-electron chi connectivity index (χ0n) is 14.1. The largest absolute Gasteiger partial charge is 0.341 e. The van der Waals surface area contributed by atoms with Crippen molar-refractivity contribution < 1.29 is 4.79 Å². The molecular weight excluding hydrogens is 304 g/mol.